The molecule has 0 spiro atoms. The second-order valence-corrected chi connectivity index (χ2v) is 5.22. The fourth-order valence-corrected chi connectivity index (χ4v) is 2.76. The van der Waals surface area contributed by atoms with Gasteiger partial charge >= 0.3 is 0 Å². The molecule has 1 aromatic heterocycles. The number of aromatic amines is 1. The minimum absolute atomic E-state index is 1.08. The van der Waals surface area contributed by atoms with Crippen molar-refractivity contribution in [3.63, 3.8) is 0 Å². The summed E-state index contributed by atoms with van der Waals surface area (Å²) < 4.78 is 0. The molecule has 2 nitrogen and oxygen atoms in total. The summed E-state index contributed by atoms with van der Waals surface area (Å²) in [4.78, 5) is 6.09. The summed E-state index contributed by atoms with van der Waals surface area (Å²) in [5.74, 6) is 0. The molecular formula is C15H20N2. The predicted molar refractivity (Wildman–Crippen MR) is 72.2 cm³/mol. The summed E-state index contributed by atoms with van der Waals surface area (Å²) in [6.45, 7) is 5.74. The van der Waals surface area contributed by atoms with E-state index in [1.807, 2.05) is 0 Å². The third kappa shape index (κ3) is 2.37. The van der Waals surface area contributed by atoms with Crippen LogP contribution in [-0.4, -0.2) is 23.0 Å². The van der Waals surface area contributed by atoms with E-state index < -0.39 is 0 Å². The standard InChI is InChI=1S/C15H20N2/c1-12-5-6-15-13(9-12)10-14(16-15)11-17-7-3-2-4-8-17/h5-6,9-10,16H,2-4,7-8,11H2,1H3. The van der Waals surface area contributed by atoms with Crippen LogP contribution in [0.5, 0.6) is 0 Å². The third-order valence-electron chi connectivity index (χ3n) is 3.67. The fraction of sp³-hybridized carbons (Fsp3) is 0.467. The minimum Gasteiger partial charge on any atom is -0.357 e. The zero-order valence-electron chi connectivity index (χ0n) is 10.5. The van der Waals surface area contributed by atoms with Crippen LogP contribution in [0.2, 0.25) is 0 Å². The molecule has 3 rings (SSSR count). The highest BCUT2D eigenvalue weighted by atomic mass is 15.1. The first kappa shape index (κ1) is 10.8. The molecule has 1 aromatic carbocycles. The largest absolute Gasteiger partial charge is 0.357 e. The Morgan fingerprint density at radius 1 is 1.12 bits per heavy atom. The van der Waals surface area contributed by atoms with Crippen LogP contribution in [0.4, 0.5) is 0 Å². The number of aromatic nitrogens is 1. The first-order valence-electron chi connectivity index (χ1n) is 6.62. The summed E-state index contributed by atoms with van der Waals surface area (Å²) in [5.41, 5.74) is 3.95. The summed E-state index contributed by atoms with van der Waals surface area (Å²) in [7, 11) is 0. The van der Waals surface area contributed by atoms with Crippen LogP contribution in [-0.2, 0) is 6.54 Å². The Morgan fingerprint density at radius 2 is 1.94 bits per heavy atom. The molecule has 1 N–H and O–H groups in total. The van der Waals surface area contributed by atoms with Crippen molar-refractivity contribution >= 4 is 10.9 Å². The Balaban J connectivity index is 1.80. The van der Waals surface area contributed by atoms with E-state index in [2.05, 4.69) is 41.1 Å². The minimum atomic E-state index is 1.08. The van der Waals surface area contributed by atoms with Crippen LogP contribution in [0, 0.1) is 6.92 Å². The molecule has 2 heteroatoms. The molecule has 1 aliphatic rings. The molecule has 2 heterocycles. The zero-order valence-corrected chi connectivity index (χ0v) is 10.5. The van der Waals surface area contributed by atoms with Crippen LogP contribution in [0.15, 0.2) is 24.3 Å². The second-order valence-electron chi connectivity index (χ2n) is 5.22. The van der Waals surface area contributed by atoms with E-state index >= 15 is 0 Å². The van der Waals surface area contributed by atoms with E-state index in [1.54, 1.807) is 0 Å². The normalized spacial score (nSPS) is 17.7. The van der Waals surface area contributed by atoms with Gasteiger partial charge in [0.2, 0.25) is 0 Å². The van der Waals surface area contributed by atoms with E-state index in [0.29, 0.717) is 0 Å². The number of H-pyrrole nitrogens is 1. The first-order chi connectivity index (χ1) is 8.31. The summed E-state index contributed by atoms with van der Waals surface area (Å²) in [5, 5.41) is 1.34. The average molecular weight is 228 g/mol. The van der Waals surface area contributed by atoms with Gasteiger partial charge < -0.3 is 4.98 Å². The van der Waals surface area contributed by atoms with Gasteiger partial charge in [0, 0.05) is 17.8 Å². The number of benzene rings is 1. The Kier molecular flexibility index (Phi) is 2.89. The van der Waals surface area contributed by atoms with Gasteiger partial charge in [-0.1, -0.05) is 18.1 Å². The number of rotatable bonds is 2. The molecule has 0 aliphatic carbocycles. The number of piperidine rings is 1. The molecule has 1 saturated heterocycles. The molecule has 0 amide bonds. The Bertz CT molecular complexity index is 507. The number of likely N-dealkylation sites (tertiary alicyclic amines) is 1. The highest BCUT2D eigenvalue weighted by Crippen LogP contribution is 2.19. The van der Waals surface area contributed by atoms with E-state index in [-0.39, 0.29) is 0 Å². The van der Waals surface area contributed by atoms with Crippen LogP contribution in [0.1, 0.15) is 30.5 Å². The summed E-state index contributed by atoms with van der Waals surface area (Å²) in [6.07, 6.45) is 4.13. The van der Waals surface area contributed by atoms with Crippen molar-refractivity contribution < 1.29 is 0 Å². The molecule has 0 radical (unpaired) electrons. The van der Waals surface area contributed by atoms with E-state index in [9.17, 15) is 0 Å². The number of nitrogens with zero attached hydrogens (tertiary/aromatic N) is 1. The summed E-state index contributed by atoms with van der Waals surface area (Å²) in [6, 6.07) is 8.91. The van der Waals surface area contributed by atoms with Crippen molar-refractivity contribution in [3.8, 4) is 0 Å². The molecule has 2 aromatic rings. The SMILES string of the molecule is Cc1ccc2[nH]c(CN3CCCCC3)cc2c1. The lowest BCUT2D eigenvalue weighted by Crippen LogP contribution is -2.29. The molecule has 1 aliphatic heterocycles. The molecule has 0 unspecified atom stereocenters. The van der Waals surface area contributed by atoms with Gasteiger partial charge in [-0.3, -0.25) is 4.90 Å². The van der Waals surface area contributed by atoms with Crippen molar-refractivity contribution in [1.29, 1.82) is 0 Å². The van der Waals surface area contributed by atoms with Crippen molar-refractivity contribution in [2.24, 2.45) is 0 Å². The van der Waals surface area contributed by atoms with E-state index in [0.717, 1.165) is 6.54 Å². The topological polar surface area (TPSA) is 19.0 Å². The third-order valence-corrected chi connectivity index (χ3v) is 3.67. The lowest BCUT2D eigenvalue weighted by atomic mass is 10.1. The number of fused-ring (bicyclic) bond motifs is 1. The van der Waals surface area contributed by atoms with Crippen LogP contribution < -0.4 is 0 Å². The highest BCUT2D eigenvalue weighted by molar-refractivity contribution is 5.81. The lowest BCUT2D eigenvalue weighted by Gasteiger charge is -2.25. The quantitative estimate of drug-likeness (QED) is 0.834. The number of nitrogens with one attached hydrogen (secondary N) is 1. The molecular weight excluding hydrogens is 208 g/mol. The van der Waals surface area contributed by atoms with Gasteiger partial charge in [0.25, 0.3) is 0 Å². The number of hydrogen-bond donors (Lipinski definition) is 1. The lowest BCUT2D eigenvalue weighted by molar-refractivity contribution is 0.219. The Labute approximate surface area is 103 Å². The van der Waals surface area contributed by atoms with Crippen molar-refractivity contribution in [2.75, 3.05) is 13.1 Å². The Morgan fingerprint density at radius 3 is 2.76 bits per heavy atom. The first-order valence-corrected chi connectivity index (χ1v) is 6.62. The predicted octanol–water partition coefficient (Wildman–Crippen LogP) is 3.46. The number of hydrogen-bond acceptors (Lipinski definition) is 1. The molecule has 90 valence electrons. The van der Waals surface area contributed by atoms with Gasteiger partial charge in [-0.05, 0) is 56.4 Å². The maximum absolute atomic E-state index is 3.53. The fourth-order valence-electron chi connectivity index (χ4n) is 2.76. The van der Waals surface area contributed by atoms with Crippen molar-refractivity contribution in [3.05, 3.63) is 35.5 Å². The Hall–Kier alpha value is -1.28. The van der Waals surface area contributed by atoms with Crippen molar-refractivity contribution in [2.45, 2.75) is 32.7 Å². The van der Waals surface area contributed by atoms with Crippen LogP contribution >= 0.6 is 0 Å². The van der Waals surface area contributed by atoms with Gasteiger partial charge in [0.15, 0.2) is 0 Å². The number of aryl methyl sites for hydroxylation is 1. The second kappa shape index (κ2) is 4.53. The zero-order chi connectivity index (χ0) is 11.7. The van der Waals surface area contributed by atoms with Gasteiger partial charge in [-0.15, -0.1) is 0 Å². The molecule has 0 atom stereocenters. The van der Waals surface area contributed by atoms with Crippen LogP contribution in [0.3, 0.4) is 0 Å². The molecule has 0 saturated carbocycles. The van der Waals surface area contributed by atoms with Gasteiger partial charge in [0.05, 0.1) is 0 Å². The monoisotopic (exact) mass is 228 g/mol. The molecule has 1 fully saturated rings. The van der Waals surface area contributed by atoms with Crippen molar-refractivity contribution in [1.82, 2.24) is 9.88 Å². The summed E-state index contributed by atoms with van der Waals surface area (Å²) >= 11 is 0. The maximum atomic E-state index is 3.53. The van der Waals surface area contributed by atoms with Gasteiger partial charge in [-0.25, -0.2) is 0 Å². The maximum Gasteiger partial charge on any atom is 0.0456 e. The smallest absolute Gasteiger partial charge is 0.0456 e. The van der Waals surface area contributed by atoms with Crippen LogP contribution in [0.25, 0.3) is 10.9 Å². The average Bonchev–Trinajstić information content (AvgIpc) is 2.71. The van der Waals surface area contributed by atoms with E-state index in [1.165, 1.54) is 54.5 Å². The van der Waals surface area contributed by atoms with E-state index in [4.69, 9.17) is 0 Å². The van der Waals surface area contributed by atoms with Gasteiger partial charge in [-0.2, -0.15) is 0 Å². The van der Waals surface area contributed by atoms with Gasteiger partial charge in [0.1, 0.15) is 0 Å². The molecule has 17 heavy (non-hydrogen) atoms. The molecule has 0 bridgehead atoms. The highest BCUT2D eigenvalue weighted by Gasteiger charge is 2.11.